The number of nitrogens with zero attached hydrogens (tertiary/aromatic N) is 2. The number of aromatic nitrogens is 2. The lowest BCUT2D eigenvalue weighted by Crippen LogP contribution is -2.32. The minimum Gasteiger partial charge on any atom is -0.493 e. The number of rotatable bonds is 11. The van der Waals surface area contributed by atoms with Crippen molar-refractivity contribution >= 4 is 33.7 Å². The number of nitrogens with one attached hydrogen (secondary N) is 1. The van der Waals surface area contributed by atoms with Crippen LogP contribution in [0.1, 0.15) is 32.4 Å². The van der Waals surface area contributed by atoms with Crippen molar-refractivity contribution in [1.29, 1.82) is 0 Å². The fourth-order valence-corrected chi connectivity index (χ4v) is 4.22. The van der Waals surface area contributed by atoms with Crippen LogP contribution < -0.4 is 19.5 Å². The lowest BCUT2D eigenvalue weighted by molar-refractivity contribution is -0.139. The van der Waals surface area contributed by atoms with Crippen LogP contribution in [0.25, 0.3) is 21.8 Å². The van der Waals surface area contributed by atoms with Crippen LogP contribution in [0.2, 0.25) is 0 Å². The van der Waals surface area contributed by atoms with Crippen LogP contribution in [0.15, 0.2) is 54.7 Å². The van der Waals surface area contributed by atoms with Crippen molar-refractivity contribution in [3.8, 4) is 23.0 Å². The molecule has 4 aromatic rings. The molecule has 38 heavy (non-hydrogen) atoms. The molecule has 0 saturated heterocycles. The minimum absolute atomic E-state index is 0.0825. The van der Waals surface area contributed by atoms with Crippen molar-refractivity contribution in [2.75, 3.05) is 20.3 Å². The molecule has 9 heteroatoms. The van der Waals surface area contributed by atoms with Crippen molar-refractivity contribution in [2.24, 2.45) is 5.41 Å². The molecule has 1 amide bonds. The number of carboxylic acid groups (broad SMARTS) is 1. The maximum absolute atomic E-state index is 12.2. The average Bonchev–Trinajstić information content (AvgIpc) is 2.85. The Morgan fingerprint density at radius 3 is 2.53 bits per heavy atom. The summed E-state index contributed by atoms with van der Waals surface area (Å²) in [6.07, 6.45) is 1.69. The van der Waals surface area contributed by atoms with E-state index in [0.29, 0.717) is 28.5 Å². The Hall–Kier alpha value is -4.40. The van der Waals surface area contributed by atoms with Gasteiger partial charge in [0, 0.05) is 29.5 Å². The first-order valence-electron chi connectivity index (χ1n) is 12.3. The molecule has 0 aliphatic rings. The van der Waals surface area contributed by atoms with E-state index in [0.717, 1.165) is 22.0 Å². The highest BCUT2D eigenvalue weighted by Crippen LogP contribution is 2.38. The summed E-state index contributed by atoms with van der Waals surface area (Å²) < 4.78 is 17.7. The molecular formula is C29H31N3O6. The number of hydrogen-bond acceptors (Lipinski definition) is 7. The molecule has 2 N–H and O–H groups in total. The number of carbonyl (C=O) groups excluding carboxylic acids is 1. The van der Waals surface area contributed by atoms with Crippen LogP contribution in [0.4, 0.5) is 0 Å². The zero-order valence-electron chi connectivity index (χ0n) is 21.9. The van der Waals surface area contributed by atoms with Crippen LogP contribution in [0.3, 0.4) is 0 Å². The smallest absolute Gasteiger partial charge is 0.303 e. The summed E-state index contributed by atoms with van der Waals surface area (Å²) in [5.74, 6) is 1.08. The van der Waals surface area contributed by atoms with Crippen LogP contribution in [-0.2, 0) is 9.59 Å². The molecule has 0 atom stereocenters. The SMILES string of the molecule is COc1cc2c(Oc3cc4ccccc4nc3C)ccnc2cc1OCCNC(=O)CC(C)(C)CC(=O)O. The topological polar surface area (TPSA) is 120 Å². The van der Waals surface area contributed by atoms with E-state index in [1.54, 1.807) is 39.3 Å². The standard InChI is InChI=1S/C29H31N3O6/c1-18-24(13-19-7-5-6-8-21(19)32-18)38-23-9-10-30-22-15-26(25(36-4)14-20(22)23)37-12-11-31-27(33)16-29(2,3)17-28(34)35/h5-10,13-15H,11-12,16-17H2,1-4H3,(H,31,33)(H,34,35). The molecule has 9 nitrogen and oxygen atoms in total. The van der Waals surface area contributed by atoms with E-state index in [2.05, 4.69) is 15.3 Å². The number of carboxylic acids is 1. The number of aryl methyl sites for hydroxylation is 1. The quantitative estimate of drug-likeness (QED) is 0.258. The number of carbonyl (C=O) groups is 2. The summed E-state index contributed by atoms with van der Waals surface area (Å²) >= 11 is 0. The van der Waals surface area contributed by atoms with E-state index in [9.17, 15) is 9.59 Å². The van der Waals surface area contributed by atoms with Crippen LogP contribution in [0, 0.1) is 12.3 Å². The molecular weight excluding hydrogens is 486 g/mol. The Morgan fingerprint density at radius 2 is 1.76 bits per heavy atom. The van der Waals surface area contributed by atoms with Crippen LogP contribution in [-0.4, -0.2) is 47.2 Å². The van der Waals surface area contributed by atoms with Gasteiger partial charge in [-0.2, -0.15) is 0 Å². The van der Waals surface area contributed by atoms with Gasteiger partial charge in [0.05, 0.1) is 36.8 Å². The number of methoxy groups -OCH3 is 1. The van der Waals surface area contributed by atoms with E-state index in [1.807, 2.05) is 43.3 Å². The van der Waals surface area contributed by atoms with E-state index in [-0.39, 0.29) is 31.9 Å². The fourth-order valence-electron chi connectivity index (χ4n) is 4.22. The molecule has 0 saturated carbocycles. The second kappa shape index (κ2) is 11.3. The van der Waals surface area contributed by atoms with Crippen molar-refractivity contribution in [1.82, 2.24) is 15.3 Å². The summed E-state index contributed by atoms with van der Waals surface area (Å²) in [5.41, 5.74) is 1.70. The maximum Gasteiger partial charge on any atom is 0.303 e. The third-order valence-electron chi connectivity index (χ3n) is 6.03. The highest BCUT2D eigenvalue weighted by atomic mass is 16.5. The summed E-state index contributed by atoms with van der Waals surface area (Å²) in [6, 6.07) is 15.2. The Bertz CT molecular complexity index is 1480. The molecule has 0 aliphatic carbocycles. The zero-order chi connectivity index (χ0) is 27.3. The van der Waals surface area contributed by atoms with Gasteiger partial charge in [-0.1, -0.05) is 32.0 Å². The third kappa shape index (κ3) is 6.47. The van der Waals surface area contributed by atoms with Crippen molar-refractivity contribution in [2.45, 2.75) is 33.6 Å². The lowest BCUT2D eigenvalue weighted by Gasteiger charge is -2.21. The normalized spacial score (nSPS) is 11.4. The highest BCUT2D eigenvalue weighted by Gasteiger charge is 2.25. The first-order chi connectivity index (χ1) is 18.1. The molecule has 0 fully saturated rings. The van der Waals surface area contributed by atoms with Crippen molar-refractivity contribution in [3.05, 3.63) is 60.4 Å². The van der Waals surface area contributed by atoms with Gasteiger partial charge in [0.25, 0.3) is 0 Å². The molecule has 2 aromatic carbocycles. The van der Waals surface area contributed by atoms with Crippen molar-refractivity contribution < 1.29 is 28.9 Å². The monoisotopic (exact) mass is 517 g/mol. The van der Waals surface area contributed by atoms with Gasteiger partial charge in [-0.25, -0.2) is 4.98 Å². The second-order valence-electron chi connectivity index (χ2n) is 9.81. The summed E-state index contributed by atoms with van der Waals surface area (Å²) in [7, 11) is 1.55. The van der Waals surface area contributed by atoms with Gasteiger partial charge in [-0.05, 0) is 36.6 Å². The van der Waals surface area contributed by atoms with Gasteiger partial charge in [-0.15, -0.1) is 0 Å². The summed E-state index contributed by atoms with van der Waals surface area (Å²) in [5, 5.41) is 13.5. The first kappa shape index (κ1) is 26.7. The molecule has 0 unspecified atom stereocenters. The van der Waals surface area contributed by atoms with Gasteiger partial charge in [-0.3, -0.25) is 14.6 Å². The number of para-hydroxylation sites is 1. The number of pyridine rings is 2. The molecule has 0 bridgehead atoms. The molecule has 2 heterocycles. The zero-order valence-corrected chi connectivity index (χ0v) is 21.9. The molecule has 2 aromatic heterocycles. The number of benzene rings is 2. The minimum atomic E-state index is -0.930. The van der Waals surface area contributed by atoms with E-state index >= 15 is 0 Å². The van der Waals surface area contributed by atoms with Gasteiger partial charge < -0.3 is 24.6 Å². The van der Waals surface area contributed by atoms with E-state index in [1.165, 1.54) is 0 Å². The highest BCUT2D eigenvalue weighted by molar-refractivity contribution is 5.88. The number of aliphatic carboxylic acids is 1. The van der Waals surface area contributed by atoms with E-state index in [4.69, 9.17) is 19.3 Å². The average molecular weight is 518 g/mol. The van der Waals surface area contributed by atoms with Gasteiger partial charge in [0.2, 0.25) is 5.91 Å². The van der Waals surface area contributed by atoms with Crippen molar-refractivity contribution in [3.63, 3.8) is 0 Å². The molecule has 0 spiro atoms. The third-order valence-corrected chi connectivity index (χ3v) is 6.03. The van der Waals surface area contributed by atoms with Gasteiger partial charge in [0.15, 0.2) is 11.5 Å². The second-order valence-corrected chi connectivity index (χ2v) is 9.81. The van der Waals surface area contributed by atoms with Gasteiger partial charge in [0.1, 0.15) is 18.1 Å². The first-order valence-corrected chi connectivity index (χ1v) is 12.3. The number of hydrogen-bond donors (Lipinski definition) is 2. The summed E-state index contributed by atoms with van der Waals surface area (Å²) in [4.78, 5) is 32.3. The van der Waals surface area contributed by atoms with Crippen LogP contribution >= 0.6 is 0 Å². The molecule has 0 radical (unpaired) electrons. The fraction of sp³-hybridized carbons (Fsp3) is 0.310. The Balaban J connectivity index is 1.46. The van der Waals surface area contributed by atoms with Gasteiger partial charge >= 0.3 is 5.97 Å². The largest absolute Gasteiger partial charge is 0.493 e. The van der Waals surface area contributed by atoms with E-state index < -0.39 is 11.4 Å². The number of fused-ring (bicyclic) bond motifs is 2. The Morgan fingerprint density at radius 1 is 0.974 bits per heavy atom. The lowest BCUT2D eigenvalue weighted by atomic mass is 9.85. The predicted molar refractivity (Wildman–Crippen MR) is 144 cm³/mol. The summed E-state index contributed by atoms with van der Waals surface area (Å²) in [6.45, 7) is 5.86. The van der Waals surface area contributed by atoms with Crippen LogP contribution in [0.5, 0.6) is 23.0 Å². The number of ether oxygens (including phenoxy) is 3. The molecule has 0 aliphatic heterocycles. The number of amides is 1. The Labute approximate surface area is 220 Å². The Kier molecular flexibility index (Phi) is 7.95. The maximum atomic E-state index is 12.2. The molecule has 4 rings (SSSR count). The molecule has 198 valence electrons. The predicted octanol–water partition coefficient (Wildman–Crippen LogP) is 5.28.